The van der Waals surface area contributed by atoms with Crippen molar-refractivity contribution in [2.75, 3.05) is 6.61 Å². The molecule has 1 heterocycles. The minimum atomic E-state index is -0.897. The van der Waals surface area contributed by atoms with Gasteiger partial charge in [-0.2, -0.15) is 0 Å². The van der Waals surface area contributed by atoms with Crippen LogP contribution >= 0.6 is 0 Å². The molecule has 1 aliphatic heterocycles. The lowest BCUT2D eigenvalue weighted by Crippen LogP contribution is -2.83. The Hall–Kier alpha value is -1.05. The Balaban J connectivity index is 2.22. The Morgan fingerprint density at radius 3 is 2.74 bits per heavy atom. The molecule has 4 nitrogen and oxygen atoms in total. The summed E-state index contributed by atoms with van der Waals surface area (Å²) in [7, 11) is 0. The molecule has 3 unspecified atom stereocenters. The van der Waals surface area contributed by atoms with E-state index < -0.39 is 11.1 Å². The summed E-state index contributed by atoms with van der Waals surface area (Å²) in [6, 6.07) is 0. The number of nitrogens with two attached hydrogens (primary N) is 1. The molecular weight excluding hydrogens is 240 g/mol. The van der Waals surface area contributed by atoms with E-state index in [-0.39, 0.29) is 23.3 Å². The summed E-state index contributed by atoms with van der Waals surface area (Å²) in [6.07, 6.45) is 7.40. The number of hydrogen-bond donors (Lipinski definition) is 2. The number of hydrogen-bond acceptors (Lipinski definition) is 3. The number of carbonyl (C=O) groups excluding carboxylic acids is 1. The van der Waals surface area contributed by atoms with Gasteiger partial charge in [-0.15, -0.1) is 6.42 Å². The van der Waals surface area contributed by atoms with Crippen LogP contribution in [-0.2, 0) is 9.53 Å². The molecule has 0 radical (unpaired) electrons. The van der Waals surface area contributed by atoms with Crippen molar-refractivity contribution in [2.24, 2.45) is 17.1 Å². The van der Waals surface area contributed by atoms with Crippen molar-refractivity contribution in [3.63, 3.8) is 0 Å². The summed E-state index contributed by atoms with van der Waals surface area (Å²) in [4.78, 5) is 12.6. The van der Waals surface area contributed by atoms with Crippen LogP contribution < -0.4 is 11.1 Å². The summed E-state index contributed by atoms with van der Waals surface area (Å²) in [6.45, 7) is 8.37. The lowest BCUT2D eigenvalue weighted by atomic mass is 9.46. The third-order valence-corrected chi connectivity index (χ3v) is 4.85. The minimum Gasteiger partial charge on any atom is -0.377 e. The number of rotatable bonds is 2. The summed E-state index contributed by atoms with van der Waals surface area (Å²) >= 11 is 0. The molecule has 106 valence electrons. The predicted octanol–water partition coefficient (Wildman–Crippen LogP) is 1.05. The third-order valence-electron chi connectivity index (χ3n) is 4.85. The first-order valence-electron chi connectivity index (χ1n) is 6.87. The third kappa shape index (κ3) is 1.87. The lowest BCUT2D eigenvalue weighted by Gasteiger charge is -2.65. The minimum absolute atomic E-state index is 0.0750. The first kappa shape index (κ1) is 14.4. The van der Waals surface area contributed by atoms with Crippen molar-refractivity contribution in [2.45, 2.75) is 57.7 Å². The average Bonchev–Trinajstić information content (AvgIpc) is 2.37. The van der Waals surface area contributed by atoms with Gasteiger partial charge in [-0.05, 0) is 26.7 Å². The van der Waals surface area contributed by atoms with E-state index in [0.29, 0.717) is 0 Å². The molecule has 3 atom stereocenters. The second kappa shape index (κ2) is 4.22. The summed E-state index contributed by atoms with van der Waals surface area (Å²) in [5.74, 6) is 2.50. The molecule has 4 heteroatoms. The SMILES string of the molecule is C#CC(C)(C)NC(=O)C1(N)C2CCCOC2C1(C)C. The molecule has 0 aromatic carbocycles. The van der Waals surface area contributed by atoms with Crippen molar-refractivity contribution < 1.29 is 9.53 Å². The van der Waals surface area contributed by atoms with Gasteiger partial charge in [0, 0.05) is 17.9 Å². The second-order valence-corrected chi connectivity index (χ2v) is 6.85. The maximum Gasteiger partial charge on any atom is 0.242 e. The second-order valence-electron chi connectivity index (χ2n) is 6.85. The Kier molecular flexibility index (Phi) is 3.19. The van der Waals surface area contributed by atoms with Crippen molar-refractivity contribution in [3.8, 4) is 12.3 Å². The molecular formula is C15H24N2O2. The molecule has 1 saturated heterocycles. The largest absolute Gasteiger partial charge is 0.377 e. The molecule has 1 aliphatic carbocycles. The topological polar surface area (TPSA) is 64.4 Å². The Bertz CT molecular complexity index is 436. The molecule has 1 saturated carbocycles. The maximum absolute atomic E-state index is 12.6. The zero-order chi connectivity index (χ0) is 14.5. The quantitative estimate of drug-likeness (QED) is 0.733. The smallest absolute Gasteiger partial charge is 0.242 e. The van der Waals surface area contributed by atoms with Crippen LogP contribution in [-0.4, -0.2) is 29.7 Å². The molecule has 19 heavy (non-hydrogen) atoms. The molecule has 2 rings (SSSR count). The first-order chi connectivity index (χ1) is 8.67. The standard InChI is InChI=1S/C15H24N2O2/c1-6-13(2,3)17-12(18)15(16)10-8-7-9-19-11(10)14(15,4)5/h1,10-11H,7-9,16H2,2-5H3,(H,17,18). The van der Waals surface area contributed by atoms with Gasteiger partial charge in [-0.1, -0.05) is 19.8 Å². The van der Waals surface area contributed by atoms with Crippen molar-refractivity contribution in [3.05, 3.63) is 0 Å². The highest BCUT2D eigenvalue weighted by molar-refractivity contribution is 5.90. The van der Waals surface area contributed by atoms with Crippen molar-refractivity contribution >= 4 is 5.91 Å². The number of terminal acetylenes is 1. The number of fused-ring (bicyclic) bond motifs is 1. The van der Waals surface area contributed by atoms with Gasteiger partial charge < -0.3 is 15.8 Å². The summed E-state index contributed by atoms with van der Waals surface area (Å²) in [5.41, 5.74) is 4.53. The van der Waals surface area contributed by atoms with E-state index in [1.165, 1.54) is 0 Å². The molecule has 1 amide bonds. The maximum atomic E-state index is 12.6. The molecule has 0 aromatic heterocycles. The van der Waals surface area contributed by atoms with Gasteiger partial charge in [-0.25, -0.2) is 0 Å². The van der Waals surface area contributed by atoms with E-state index >= 15 is 0 Å². The number of carbonyl (C=O) groups is 1. The van der Waals surface area contributed by atoms with Gasteiger partial charge in [0.05, 0.1) is 11.6 Å². The highest BCUT2D eigenvalue weighted by Crippen LogP contribution is 2.57. The number of nitrogens with one attached hydrogen (secondary N) is 1. The van der Waals surface area contributed by atoms with Gasteiger partial charge in [0.15, 0.2) is 0 Å². The highest BCUT2D eigenvalue weighted by atomic mass is 16.5. The van der Waals surface area contributed by atoms with Crippen LogP contribution in [0.4, 0.5) is 0 Å². The summed E-state index contributed by atoms with van der Waals surface area (Å²) in [5, 5.41) is 2.88. The fourth-order valence-corrected chi connectivity index (χ4v) is 3.46. The van der Waals surface area contributed by atoms with E-state index in [2.05, 4.69) is 11.2 Å². The van der Waals surface area contributed by atoms with Gasteiger partial charge in [-0.3, -0.25) is 4.79 Å². The zero-order valence-corrected chi connectivity index (χ0v) is 12.2. The number of ether oxygens (including phenoxy) is 1. The van der Waals surface area contributed by atoms with Gasteiger partial charge >= 0.3 is 0 Å². The molecule has 0 aromatic rings. The van der Waals surface area contributed by atoms with E-state index in [1.54, 1.807) is 13.8 Å². The van der Waals surface area contributed by atoms with Crippen LogP contribution in [0.5, 0.6) is 0 Å². The Labute approximate surface area is 115 Å². The van der Waals surface area contributed by atoms with Crippen LogP contribution in [0.25, 0.3) is 0 Å². The van der Waals surface area contributed by atoms with Gasteiger partial charge in [0.2, 0.25) is 5.91 Å². The molecule has 0 bridgehead atoms. The van der Waals surface area contributed by atoms with Gasteiger partial charge in [0.25, 0.3) is 0 Å². The Morgan fingerprint density at radius 2 is 2.16 bits per heavy atom. The van der Waals surface area contributed by atoms with Crippen LogP contribution in [0.15, 0.2) is 0 Å². The first-order valence-corrected chi connectivity index (χ1v) is 6.87. The van der Waals surface area contributed by atoms with E-state index in [9.17, 15) is 4.79 Å². The molecule has 0 spiro atoms. The fraction of sp³-hybridized carbons (Fsp3) is 0.800. The van der Waals surface area contributed by atoms with Crippen LogP contribution in [0.2, 0.25) is 0 Å². The van der Waals surface area contributed by atoms with Crippen LogP contribution in [0.1, 0.15) is 40.5 Å². The van der Waals surface area contributed by atoms with E-state index in [4.69, 9.17) is 16.9 Å². The van der Waals surface area contributed by atoms with E-state index in [1.807, 2.05) is 13.8 Å². The lowest BCUT2D eigenvalue weighted by molar-refractivity contribution is -0.225. The molecule has 2 fully saturated rings. The van der Waals surface area contributed by atoms with Crippen molar-refractivity contribution in [1.29, 1.82) is 0 Å². The van der Waals surface area contributed by atoms with Crippen molar-refractivity contribution in [1.82, 2.24) is 5.32 Å². The molecule has 2 aliphatic rings. The molecule has 3 N–H and O–H groups in total. The normalized spacial score (nSPS) is 36.6. The number of amides is 1. The monoisotopic (exact) mass is 264 g/mol. The van der Waals surface area contributed by atoms with Gasteiger partial charge in [0.1, 0.15) is 5.54 Å². The average molecular weight is 264 g/mol. The zero-order valence-electron chi connectivity index (χ0n) is 12.2. The highest BCUT2D eigenvalue weighted by Gasteiger charge is 2.70. The summed E-state index contributed by atoms with van der Waals surface area (Å²) < 4.78 is 5.79. The van der Waals surface area contributed by atoms with Crippen LogP contribution in [0.3, 0.4) is 0 Å². The van der Waals surface area contributed by atoms with Crippen LogP contribution in [0, 0.1) is 23.7 Å². The Morgan fingerprint density at radius 1 is 1.53 bits per heavy atom. The predicted molar refractivity (Wildman–Crippen MR) is 74.2 cm³/mol. The fourth-order valence-electron chi connectivity index (χ4n) is 3.46. The van der Waals surface area contributed by atoms with E-state index in [0.717, 1.165) is 19.4 Å².